The number of Topliss-reactive ketones (excluding diaryl/α,β-unsaturated/α-hetero) is 1. The van der Waals surface area contributed by atoms with E-state index in [0.717, 1.165) is 0 Å². The number of ketones is 1. The second kappa shape index (κ2) is 6.91. The SMILES string of the molecule is N#C/C(=C\c1ccc(C#N)cc1)C(=O)c1cc(Cl)cc(Cl)c1. The van der Waals surface area contributed by atoms with Crippen molar-refractivity contribution in [3.63, 3.8) is 0 Å². The number of hydrogen-bond donors (Lipinski definition) is 0. The zero-order chi connectivity index (χ0) is 16.1. The summed E-state index contributed by atoms with van der Waals surface area (Å²) in [4.78, 5) is 12.3. The van der Waals surface area contributed by atoms with E-state index in [1.165, 1.54) is 24.3 Å². The standard InChI is InChI=1S/C17H8Cl2N2O/c18-15-6-13(7-16(19)8-15)17(22)14(10-21)5-11-1-3-12(9-20)4-2-11/h1-8H/b14-5+. The molecule has 0 aliphatic carbocycles. The zero-order valence-corrected chi connectivity index (χ0v) is 12.7. The van der Waals surface area contributed by atoms with Gasteiger partial charge in [0.25, 0.3) is 0 Å². The van der Waals surface area contributed by atoms with Crippen LogP contribution in [0.1, 0.15) is 21.5 Å². The molecular formula is C17H8Cl2N2O. The Hall–Kier alpha value is -2.59. The van der Waals surface area contributed by atoms with Gasteiger partial charge in [-0.2, -0.15) is 10.5 Å². The molecule has 0 aliphatic heterocycles. The van der Waals surface area contributed by atoms with Crippen molar-refractivity contribution in [1.29, 1.82) is 10.5 Å². The molecule has 0 amide bonds. The fraction of sp³-hybridized carbons (Fsp3) is 0. The van der Waals surface area contributed by atoms with E-state index in [1.54, 1.807) is 24.3 Å². The topological polar surface area (TPSA) is 64.7 Å². The Morgan fingerprint density at radius 1 is 1.00 bits per heavy atom. The van der Waals surface area contributed by atoms with Gasteiger partial charge in [-0.1, -0.05) is 35.3 Å². The van der Waals surface area contributed by atoms with Crippen LogP contribution in [0.3, 0.4) is 0 Å². The summed E-state index contributed by atoms with van der Waals surface area (Å²) < 4.78 is 0. The third-order valence-electron chi connectivity index (χ3n) is 2.84. The molecule has 0 fully saturated rings. The molecule has 0 aromatic heterocycles. The van der Waals surface area contributed by atoms with E-state index in [2.05, 4.69) is 0 Å². The van der Waals surface area contributed by atoms with E-state index in [4.69, 9.17) is 28.5 Å². The molecule has 0 aliphatic rings. The van der Waals surface area contributed by atoms with E-state index >= 15 is 0 Å². The summed E-state index contributed by atoms with van der Waals surface area (Å²) in [5, 5.41) is 18.6. The summed E-state index contributed by atoms with van der Waals surface area (Å²) in [6.07, 6.45) is 1.46. The lowest BCUT2D eigenvalue weighted by atomic mass is 10.0. The van der Waals surface area contributed by atoms with Crippen LogP contribution in [0.5, 0.6) is 0 Å². The Morgan fingerprint density at radius 3 is 2.09 bits per heavy atom. The predicted molar refractivity (Wildman–Crippen MR) is 85.5 cm³/mol. The molecule has 2 aromatic rings. The lowest BCUT2D eigenvalue weighted by Crippen LogP contribution is -2.02. The molecule has 3 nitrogen and oxygen atoms in total. The van der Waals surface area contributed by atoms with Gasteiger partial charge in [0.15, 0.2) is 0 Å². The van der Waals surface area contributed by atoms with Crippen molar-refractivity contribution in [1.82, 2.24) is 0 Å². The van der Waals surface area contributed by atoms with Crippen molar-refractivity contribution in [3.8, 4) is 12.1 Å². The second-order valence-corrected chi connectivity index (χ2v) is 5.26. The lowest BCUT2D eigenvalue weighted by molar-refractivity contribution is 0.104. The first-order valence-electron chi connectivity index (χ1n) is 6.16. The Kier molecular flexibility index (Phi) is 4.96. The fourth-order valence-corrected chi connectivity index (χ4v) is 2.34. The summed E-state index contributed by atoms with van der Waals surface area (Å²) in [6, 6.07) is 14.9. The van der Waals surface area contributed by atoms with Crippen LogP contribution in [-0.4, -0.2) is 5.78 Å². The summed E-state index contributed by atoms with van der Waals surface area (Å²) >= 11 is 11.7. The number of carbonyl (C=O) groups is 1. The molecule has 0 N–H and O–H groups in total. The van der Waals surface area contributed by atoms with Crippen LogP contribution in [0.2, 0.25) is 10.0 Å². The van der Waals surface area contributed by atoms with Gasteiger partial charge in [0, 0.05) is 15.6 Å². The van der Waals surface area contributed by atoms with Crippen molar-refractivity contribution < 1.29 is 4.79 Å². The number of halogens is 2. The molecule has 2 aromatic carbocycles. The first kappa shape index (κ1) is 15.8. The highest BCUT2D eigenvalue weighted by Crippen LogP contribution is 2.22. The molecule has 22 heavy (non-hydrogen) atoms. The highest BCUT2D eigenvalue weighted by Gasteiger charge is 2.13. The van der Waals surface area contributed by atoms with Crippen molar-refractivity contribution >= 4 is 35.1 Å². The number of nitrogens with zero attached hydrogens (tertiary/aromatic N) is 2. The molecule has 0 saturated heterocycles. The quantitative estimate of drug-likeness (QED) is 0.468. The minimum Gasteiger partial charge on any atom is -0.288 e. The molecule has 106 valence electrons. The second-order valence-electron chi connectivity index (χ2n) is 4.39. The van der Waals surface area contributed by atoms with E-state index in [0.29, 0.717) is 21.2 Å². The highest BCUT2D eigenvalue weighted by atomic mass is 35.5. The Labute approximate surface area is 137 Å². The van der Waals surface area contributed by atoms with E-state index in [9.17, 15) is 10.1 Å². The van der Waals surface area contributed by atoms with Crippen LogP contribution < -0.4 is 0 Å². The minimum absolute atomic E-state index is 0.0389. The van der Waals surface area contributed by atoms with Crippen molar-refractivity contribution in [2.24, 2.45) is 0 Å². The minimum atomic E-state index is -0.462. The summed E-state index contributed by atoms with van der Waals surface area (Å²) in [6.45, 7) is 0. The maximum atomic E-state index is 12.3. The Morgan fingerprint density at radius 2 is 1.59 bits per heavy atom. The highest BCUT2D eigenvalue weighted by molar-refractivity contribution is 6.35. The van der Waals surface area contributed by atoms with Gasteiger partial charge in [0.1, 0.15) is 11.6 Å². The maximum Gasteiger partial charge on any atom is 0.203 e. The third kappa shape index (κ3) is 3.74. The number of rotatable bonds is 3. The first-order chi connectivity index (χ1) is 10.5. The summed E-state index contributed by atoms with van der Waals surface area (Å²) in [5.41, 5.74) is 1.36. The number of carbonyl (C=O) groups excluding carboxylic acids is 1. The van der Waals surface area contributed by atoms with Crippen LogP contribution in [0.25, 0.3) is 6.08 Å². The van der Waals surface area contributed by atoms with Crippen molar-refractivity contribution in [2.45, 2.75) is 0 Å². The van der Waals surface area contributed by atoms with Gasteiger partial charge in [-0.05, 0) is 42.0 Å². The molecule has 0 unspecified atom stereocenters. The van der Waals surface area contributed by atoms with Crippen LogP contribution in [0.4, 0.5) is 0 Å². The smallest absolute Gasteiger partial charge is 0.203 e. The lowest BCUT2D eigenvalue weighted by Gasteiger charge is -2.02. The van der Waals surface area contributed by atoms with Gasteiger partial charge in [-0.3, -0.25) is 4.79 Å². The predicted octanol–water partition coefficient (Wildman–Crippen LogP) is 4.65. The number of benzene rings is 2. The van der Waals surface area contributed by atoms with Crippen LogP contribution in [0, 0.1) is 22.7 Å². The van der Waals surface area contributed by atoms with Gasteiger partial charge in [0.2, 0.25) is 5.78 Å². The molecular weight excluding hydrogens is 319 g/mol. The van der Waals surface area contributed by atoms with E-state index < -0.39 is 5.78 Å². The molecule has 0 heterocycles. The average Bonchev–Trinajstić information content (AvgIpc) is 2.51. The molecule has 0 bridgehead atoms. The van der Waals surface area contributed by atoms with E-state index in [1.807, 2.05) is 12.1 Å². The molecule has 0 radical (unpaired) electrons. The number of allylic oxidation sites excluding steroid dienone is 1. The Bertz CT molecular complexity index is 820. The molecule has 0 spiro atoms. The van der Waals surface area contributed by atoms with Crippen LogP contribution >= 0.6 is 23.2 Å². The van der Waals surface area contributed by atoms with Gasteiger partial charge < -0.3 is 0 Å². The maximum absolute atomic E-state index is 12.3. The van der Waals surface area contributed by atoms with Gasteiger partial charge in [-0.25, -0.2) is 0 Å². The average molecular weight is 327 g/mol. The molecule has 0 saturated carbocycles. The number of nitriles is 2. The molecule has 2 rings (SSSR count). The van der Waals surface area contributed by atoms with E-state index in [-0.39, 0.29) is 11.1 Å². The largest absolute Gasteiger partial charge is 0.288 e. The fourth-order valence-electron chi connectivity index (χ4n) is 1.81. The van der Waals surface area contributed by atoms with Gasteiger partial charge in [-0.15, -0.1) is 0 Å². The van der Waals surface area contributed by atoms with Crippen LogP contribution in [-0.2, 0) is 0 Å². The normalized spacial score (nSPS) is 10.6. The third-order valence-corrected chi connectivity index (χ3v) is 3.28. The molecule has 5 heteroatoms. The molecule has 0 atom stereocenters. The van der Waals surface area contributed by atoms with Gasteiger partial charge in [0.05, 0.1) is 11.6 Å². The zero-order valence-electron chi connectivity index (χ0n) is 11.2. The Balaban J connectivity index is 2.38. The number of hydrogen-bond acceptors (Lipinski definition) is 3. The van der Waals surface area contributed by atoms with Crippen molar-refractivity contribution in [2.75, 3.05) is 0 Å². The monoisotopic (exact) mass is 326 g/mol. The van der Waals surface area contributed by atoms with Crippen molar-refractivity contribution in [3.05, 3.63) is 74.8 Å². The first-order valence-corrected chi connectivity index (χ1v) is 6.92. The summed E-state index contributed by atoms with van der Waals surface area (Å²) in [5.74, 6) is -0.462. The summed E-state index contributed by atoms with van der Waals surface area (Å²) in [7, 11) is 0. The van der Waals surface area contributed by atoms with Gasteiger partial charge >= 0.3 is 0 Å². The van der Waals surface area contributed by atoms with Crippen LogP contribution in [0.15, 0.2) is 48.0 Å².